The molecule has 2 aliphatic heterocycles. The van der Waals surface area contributed by atoms with Gasteiger partial charge in [-0.1, -0.05) is 51.1 Å². The highest BCUT2D eigenvalue weighted by atomic mass is 16.5. The van der Waals surface area contributed by atoms with Gasteiger partial charge >= 0.3 is 5.63 Å². The lowest BCUT2D eigenvalue weighted by Gasteiger charge is -2.31. The van der Waals surface area contributed by atoms with Crippen molar-refractivity contribution in [1.82, 2.24) is 0 Å². The molecule has 1 aliphatic carbocycles. The van der Waals surface area contributed by atoms with E-state index in [2.05, 4.69) is 13.8 Å². The van der Waals surface area contributed by atoms with Gasteiger partial charge in [0, 0.05) is 28.5 Å². The van der Waals surface area contributed by atoms with Crippen LogP contribution in [0, 0.1) is 11.3 Å². The molecule has 152 valence electrons. The third-order valence-corrected chi connectivity index (χ3v) is 7.17. The molecule has 6 rings (SSSR count). The summed E-state index contributed by atoms with van der Waals surface area (Å²) in [5.41, 5.74) is 2.70. The molecule has 4 unspecified atom stereocenters. The average molecular weight is 402 g/mol. The lowest BCUT2D eigenvalue weighted by Crippen LogP contribution is -2.34. The molecule has 0 spiro atoms. The van der Waals surface area contributed by atoms with Crippen LogP contribution in [-0.2, 0) is 0 Å². The Balaban J connectivity index is 1.78. The van der Waals surface area contributed by atoms with Crippen molar-refractivity contribution >= 4 is 16.8 Å². The van der Waals surface area contributed by atoms with E-state index in [0.717, 1.165) is 16.7 Å². The summed E-state index contributed by atoms with van der Waals surface area (Å²) in [6, 6.07) is 11.2. The van der Waals surface area contributed by atoms with E-state index < -0.39 is 5.63 Å². The molecular formula is C25H22O5. The number of carbonyl (C=O) groups excluding carboxylic acids is 1. The number of fused-ring (bicyclic) bond motifs is 8. The molecule has 5 heteroatoms. The number of rotatable bonds is 1. The largest absolute Gasteiger partial charge is 0.489 e. The van der Waals surface area contributed by atoms with Gasteiger partial charge in [0.1, 0.15) is 29.3 Å². The van der Waals surface area contributed by atoms with Crippen LogP contribution in [-0.4, -0.2) is 18.0 Å². The third-order valence-electron chi connectivity index (χ3n) is 7.17. The number of benzene rings is 2. The Morgan fingerprint density at radius 1 is 0.967 bits per heavy atom. The maximum absolute atomic E-state index is 13.4. The van der Waals surface area contributed by atoms with E-state index in [0.29, 0.717) is 22.4 Å². The molecule has 2 aromatic carbocycles. The van der Waals surface area contributed by atoms with E-state index in [1.54, 1.807) is 0 Å². The van der Waals surface area contributed by atoms with Crippen molar-refractivity contribution in [3.05, 3.63) is 57.9 Å². The predicted octanol–water partition coefficient (Wildman–Crippen LogP) is 4.94. The van der Waals surface area contributed by atoms with Gasteiger partial charge in [0.05, 0.1) is 11.3 Å². The second-order valence-electron chi connectivity index (χ2n) is 9.31. The van der Waals surface area contributed by atoms with Gasteiger partial charge in [-0.25, -0.2) is 4.79 Å². The van der Waals surface area contributed by atoms with Crippen molar-refractivity contribution in [3.8, 4) is 22.6 Å². The molecule has 0 amide bonds. The summed E-state index contributed by atoms with van der Waals surface area (Å²) < 4.78 is 18.4. The number of hydrogen-bond acceptors (Lipinski definition) is 5. The molecule has 0 radical (unpaired) electrons. The smallest absolute Gasteiger partial charge is 0.336 e. The van der Waals surface area contributed by atoms with Gasteiger partial charge in [0.2, 0.25) is 0 Å². The Morgan fingerprint density at radius 2 is 1.70 bits per heavy atom. The fourth-order valence-electron chi connectivity index (χ4n) is 5.16. The third kappa shape index (κ3) is 2.07. The first kappa shape index (κ1) is 17.8. The molecule has 1 aromatic heterocycles. The molecule has 30 heavy (non-hydrogen) atoms. The van der Waals surface area contributed by atoms with Crippen molar-refractivity contribution in [2.75, 3.05) is 0 Å². The zero-order valence-corrected chi connectivity index (χ0v) is 17.3. The van der Waals surface area contributed by atoms with Crippen LogP contribution in [0.1, 0.15) is 49.5 Å². The summed E-state index contributed by atoms with van der Waals surface area (Å²) in [5, 5.41) is 0.691. The van der Waals surface area contributed by atoms with Crippen molar-refractivity contribution in [3.63, 3.8) is 0 Å². The van der Waals surface area contributed by atoms with Gasteiger partial charge in [0.25, 0.3) is 0 Å². The SMILES string of the molecule is CC1Oc2c3c(c4c(-c5ccccc5)cc(=O)oc4c2C(=O)C1C)OC1C3C1(C)C. The monoisotopic (exact) mass is 402 g/mol. The molecule has 4 atom stereocenters. The first-order valence-electron chi connectivity index (χ1n) is 10.4. The van der Waals surface area contributed by atoms with Crippen LogP contribution in [0.5, 0.6) is 11.5 Å². The molecule has 3 aliphatic rings. The molecule has 3 heterocycles. The quantitative estimate of drug-likeness (QED) is 0.539. The molecule has 1 saturated carbocycles. The summed E-state index contributed by atoms with van der Waals surface area (Å²) in [6.07, 6.45) is -0.220. The minimum absolute atomic E-state index is 0.0182. The maximum atomic E-state index is 13.4. The number of ether oxygens (including phenoxy) is 2. The van der Waals surface area contributed by atoms with Gasteiger partial charge in [0.15, 0.2) is 11.4 Å². The Hall–Kier alpha value is -3.08. The van der Waals surface area contributed by atoms with Crippen LogP contribution in [0.25, 0.3) is 22.1 Å². The van der Waals surface area contributed by atoms with E-state index >= 15 is 0 Å². The van der Waals surface area contributed by atoms with E-state index in [4.69, 9.17) is 13.9 Å². The Bertz CT molecular complexity index is 1300. The van der Waals surface area contributed by atoms with Crippen molar-refractivity contribution in [1.29, 1.82) is 0 Å². The Labute approximate surface area is 173 Å². The predicted molar refractivity (Wildman–Crippen MR) is 112 cm³/mol. The van der Waals surface area contributed by atoms with Crippen LogP contribution in [0.4, 0.5) is 0 Å². The van der Waals surface area contributed by atoms with Crippen molar-refractivity contribution in [2.45, 2.75) is 45.8 Å². The summed E-state index contributed by atoms with van der Waals surface area (Å²) in [6.45, 7) is 8.10. The molecule has 5 nitrogen and oxygen atoms in total. The Kier molecular flexibility index (Phi) is 3.28. The standard InChI is InChI=1S/C25H22O5/c1-11-12(2)28-23-17-19-24(25(19,3)4)30-21(17)16-14(13-8-6-5-7-9-13)10-15(26)29-22(16)18(23)20(11)27/h5-12,19,24H,1-4H3. The normalized spacial score (nSPS) is 27.7. The van der Waals surface area contributed by atoms with E-state index in [1.165, 1.54) is 6.07 Å². The number of ketones is 1. The molecular weight excluding hydrogens is 380 g/mol. The average Bonchev–Trinajstić information content (AvgIpc) is 3.06. The number of carbonyl (C=O) groups is 1. The summed E-state index contributed by atoms with van der Waals surface area (Å²) in [7, 11) is 0. The first-order chi connectivity index (χ1) is 14.3. The zero-order chi connectivity index (χ0) is 20.9. The molecule has 0 bridgehead atoms. The Morgan fingerprint density at radius 3 is 2.43 bits per heavy atom. The zero-order valence-electron chi connectivity index (χ0n) is 17.3. The lowest BCUT2D eigenvalue weighted by atomic mass is 9.85. The van der Waals surface area contributed by atoms with E-state index in [-0.39, 0.29) is 40.8 Å². The van der Waals surface area contributed by atoms with Gasteiger partial charge in [-0.2, -0.15) is 0 Å². The number of hydrogen-bond donors (Lipinski definition) is 0. The fourth-order valence-corrected chi connectivity index (χ4v) is 5.16. The number of Topliss-reactive ketones (excluding diaryl/α,β-unsaturated/α-hetero) is 1. The highest BCUT2D eigenvalue weighted by Gasteiger charge is 2.67. The molecule has 0 saturated heterocycles. The van der Waals surface area contributed by atoms with Gasteiger partial charge < -0.3 is 13.9 Å². The van der Waals surface area contributed by atoms with E-state index in [9.17, 15) is 9.59 Å². The van der Waals surface area contributed by atoms with Crippen LogP contribution in [0.15, 0.2) is 45.6 Å². The second kappa shape index (κ2) is 5.54. The van der Waals surface area contributed by atoms with Gasteiger partial charge in [-0.05, 0) is 12.5 Å². The summed E-state index contributed by atoms with van der Waals surface area (Å²) in [5.74, 6) is 1.02. The van der Waals surface area contributed by atoms with E-state index in [1.807, 2.05) is 44.2 Å². The first-order valence-corrected chi connectivity index (χ1v) is 10.4. The molecule has 0 N–H and O–H groups in total. The van der Waals surface area contributed by atoms with Crippen LogP contribution in [0.2, 0.25) is 0 Å². The summed E-state index contributed by atoms with van der Waals surface area (Å²) in [4.78, 5) is 25.9. The summed E-state index contributed by atoms with van der Waals surface area (Å²) >= 11 is 0. The minimum Gasteiger partial charge on any atom is -0.489 e. The minimum atomic E-state index is -0.494. The van der Waals surface area contributed by atoms with Gasteiger partial charge in [-0.15, -0.1) is 0 Å². The van der Waals surface area contributed by atoms with Crippen LogP contribution < -0.4 is 15.1 Å². The molecule has 3 aromatic rings. The maximum Gasteiger partial charge on any atom is 0.336 e. The topological polar surface area (TPSA) is 65.7 Å². The lowest BCUT2D eigenvalue weighted by molar-refractivity contribution is 0.0728. The van der Waals surface area contributed by atoms with Crippen molar-refractivity contribution in [2.24, 2.45) is 11.3 Å². The van der Waals surface area contributed by atoms with Crippen LogP contribution >= 0.6 is 0 Å². The van der Waals surface area contributed by atoms with Gasteiger partial charge in [-0.3, -0.25) is 4.79 Å². The van der Waals surface area contributed by atoms with Crippen molar-refractivity contribution < 1.29 is 18.7 Å². The highest BCUT2D eigenvalue weighted by Crippen LogP contribution is 2.70. The second-order valence-corrected chi connectivity index (χ2v) is 9.31. The fraction of sp³-hybridized carbons (Fsp3) is 0.360. The van der Waals surface area contributed by atoms with Crippen LogP contribution in [0.3, 0.4) is 0 Å². The molecule has 1 fully saturated rings. The highest BCUT2D eigenvalue weighted by molar-refractivity contribution is 6.15.